The minimum absolute atomic E-state index is 0.00358. The molecule has 0 spiro atoms. The van der Waals surface area contributed by atoms with Crippen molar-refractivity contribution in [2.75, 3.05) is 17.7 Å². The third kappa shape index (κ3) is 4.29. The van der Waals surface area contributed by atoms with Crippen molar-refractivity contribution in [3.8, 4) is 5.75 Å². The summed E-state index contributed by atoms with van der Waals surface area (Å²) in [6.45, 7) is 1.52. The number of nitrogens with one attached hydrogen (secondary N) is 2. The maximum Gasteiger partial charge on any atom is 0.249 e. The van der Waals surface area contributed by atoms with Crippen LogP contribution < -0.4 is 15.4 Å². The Labute approximate surface area is 145 Å². The highest BCUT2D eigenvalue weighted by atomic mass is 16.5. The molecule has 3 aromatic rings. The molecule has 0 aliphatic carbocycles. The molecule has 7 nitrogen and oxygen atoms in total. The monoisotopic (exact) mass is 335 g/mol. The number of ketones is 1. The molecule has 1 heterocycles. The first-order valence-electron chi connectivity index (χ1n) is 7.63. The zero-order valence-corrected chi connectivity index (χ0v) is 13.9. The summed E-state index contributed by atoms with van der Waals surface area (Å²) in [7, 11) is 1.61. The van der Waals surface area contributed by atoms with Gasteiger partial charge in [-0.2, -0.15) is 10.1 Å². The maximum atomic E-state index is 11.5. The van der Waals surface area contributed by atoms with E-state index in [1.807, 2.05) is 30.3 Å². The van der Waals surface area contributed by atoms with E-state index in [0.717, 1.165) is 11.4 Å². The van der Waals surface area contributed by atoms with E-state index in [1.54, 1.807) is 25.3 Å². The van der Waals surface area contributed by atoms with E-state index in [2.05, 4.69) is 25.8 Å². The first kappa shape index (κ1) is 16.4. The molecule has 0 radical (unpaired) electrons. The average Bonchev–Trinajstić information content (AvgIpc) is 2.62. The Balaban J connectivity index is 1.77. The van der Waals surface area contributed by atoms with Crippen LogP contribution in [-0.4, -0.2) is 28.1 Å². The van der Waals surface area contributed by atoms with Gasteiger partial charge in [-0.05, 0) is 31.2 Å². The van der Waals surface area contributed by atoms with E-state index in [9.17, 15) is 4.79 Å². The molecule has 2 N–H and O–H groups in total. The Morgan fingerprint density at radius 2 is 1.80 bits per heavy atom. The van der Waals surface area contributed by atoms with Crippen LogP contribution in [0.3, 0.4) is 0 Å². The number of Topliss-reactive ketones (excluding diaryl/α,β-unsaturated/α-hetero) is 1. The van der Waals surface area contributed by atoms with Gasteiger partial charge in [-0.1, -0.05) is 18.2 Å². The summed E-state index contributed by atoms with van der Waals surface area (Å²) in [6.07, 6.45) is 1.52. The van der Waals surface area contributed by atoms with Crippen molar-refractivity contribution in [3.05, 3.63) is 60.3 Å². The molecule has 0 aliphatic rings. The van der Waals surface area contributed by atoms with Crippen LogP contribution in [-0.2, 0) is 0 Å². The lowest BCUT2D eigenvalue weighted by Gasteiger charge is -2.09. The van der Waals surface area contributed by atoms with Crippen LogP contribution in [0.1, 0.15) is 17.3 Å². The average molecular weight is 335 g/mol. The zero-order valence-electron chi connectivity index (χ0n) is 13.9. The summed E-state index contributed by atoms with van der Waals surface area (Å²) >= 11 is 0. The van der Waals surface area contributed by atoms with Gasteiger partial charge in [-0.15, -0.1) is 5.10 Å². The molecule has 0 fully saturated rings. The molecular weight excluding hydrogens is 318 g/mol. The van der Waals surface area contributed by atoms with Gasteiger partial charge < -0.3 is 15.4 Å². The maximum absolute atomic E-state index is 11.5. The van der Waals surface area contributed by atoms with Gasteiger partial charge >= 0.3 is 0 Å². The van der Waals surface area contributed by atoms with Gasteiger partial charge in [0, 0.05) is 23.0 Å². The fraction of sp³-hybridized carbons (Fsp3) is 0.111. The summed E-state index contributed by atoms with van der Waals surface area (Å²) in [5.41, 5.74) is 2.15. The molecular formula is C18H17N5O2. The highest BCUT2D eigenvalue weighted by Crippen LogP contribution is 2.21. The van der Waals surface area contributed by atoms with Gasteiger partial charge in [0.1, 0.15) is 5.75 Å². The number of nitrogens with zero attached hydrogens (tertiary/aromatic N) is 3. The molecule has 0 saturated heterocycles. The first-order valence-corrected chi connectivity index (χ1v) is 7.63. The van der Waals surface area contributed by atoms with E-state index in [4.69, 9.17) is 4.74 Å². The fourth-order valence-electron chi connectivity index (χ4n) is 2.21. The number of anilines is 4. The van der Waals surface area contributed by atoms with Crippen molar-refractivity contribution >= 4 is 28.9 Å². The number of carbonyl (C=O) groups is 1. The van der Waals surface area contributed by atoms with E-state index >= 15 is 0 Å². The van der Waals surface area contributed by atoms with Gasteiger partial charge in [-0.3, -0.25) is 4.79 Å². The number of hydrogen-bond donors (Lipinski definition) is 2. The molecule has 0 saturated carbocycles. The van der Waals surface area contributed by atoms with Crippen LogP contribution in [0.15, 0.2) is 54.7 Å². The smallest absolute Gasteiger partial charge is 0.249 e. The lowest BCUT2D eigenvalue weighted by Crippen LogP contribution is -2.03. The van der Waals surface area contributed by atoms with E-state index < -0.39 is 0 Å². The second-order valence-corrected chi connectivity index (χ2v) is 5.28. The molecule has 0 unspecified atom stereocenters. The number of ether oxygens (including phenoxy) is 1. The van der Waals surface area contributed by atoms with Crippen LogP contribution in [0.25, 0.3) is 0 Å². The zero-order chi connectivity index (χ0) is 17.6. The Morgan fingerprint density at radius 3 is 2.56 bits per heavy atom. The Kier molecular flexibility index (Phi) is 4.84. The number of hydrogen-bond acceptors (Lipinski definition) is 7. The van der Waals surface area contributed by atoms with Gasteiger partial charge in [0.25, 0.3) is 0 Å². The second-order valence-electron chi connectivity index (χ2n) is 5.28. The quantitative estimate of drug-likeness (QED) is 0.666. The minimum Gasteiger partial charge on any atom is -0.497 e. The molecule has 0 aliphatic heterocycles. The molecule has 0 bridgehead atoms. The molecule has 2 aromatic carbocycles. The van der Waals surface area contributed by atoms with E-state index in [-0.39, 0.29) is 5.78 Å². The van der Waals surface area contributed by atoms with Crippen molar-refractivity contribution in [1.82, 2.24) is 15.2 Å². The van der Waals surface area contributed by atoms with Crippen molar-refractivity contribution in [2.24, 2.45) is 0 Å². The normalized spacial score (nSPS) is 10.2. The van der Waals surface area contributed by atoms with Gasteiger partial charge in [0.2, 0.25) is 5.95 Å². The highest BCUT2D eigenvalue weighted by Gasteiger charge is 2.05. The topological polar surface area (TPSA) is 89.0 Å². The van der Waals surface area contributed by atoms with Crippen molar-refractivity contribution in [3.63, 3.8) is 0 Å². The standard InChI is InChI=1S/C18H17N5O2/c1-12(24)13-5-3-6-14(9-13)21-18-22-17(11-19-23-18)20-15-7-4-8-16(10-15)25-2/h3-11H,1-2H3,(H2,20,21,22,23). The number of methoxy groups -OCH3 is 1. The summed E-state index contributed by atoms with van der Waals surface area (Å²) in [6, 6.07) is 14.6. The van der Waals surface area contributed by atoms with E-state index in [0.29, 0.717) is 23.0 Å². The second kappa shape index (κ2) is 7.39. The minimum atomic E-state index is -0.00358. The van der Waals surface area contributed by atoms with E-state index in [1.165, 1.54) is 13.1 Å². The summed E-state index contributed by atoms with van der Waals surface area (Å²) in [4.78, 5) is 15.8. The first-order chi connectivity index (χ1) is 12.1. The molecule has 7 heteroatoms. The van der Waals surface area contributed by atoms with Crippen LogP contribution >= 0.6 is 0 Å². The molecule has 1 aromatic heterocycles. The largest absolute Gasteiger partial charge is 0.497 e. The summed E-state index contributed by atoms with van der Waals surface area (Å²) in [5.74, 6) is 1.60. The van der Waals surface area contributed by atoms with Crippen LogP contribution in [0.4, 0.5) is 23.1 Å². The number of benzene rings is 2. The molecule has 3 rings (SSSR count). The molecule has 25 heavy (non-hydrogen) atoms. The van der Waals surface area contributed by atoms with Gasteiger partial charge in [0.05, 0.1) is 13.3 Å². The van der Waals surface area contributed by atoms with Crippen molar-refractivity contribution < 1.29 is 9.53 Å². The molecule has 0 amide bonds. The lowest BCUT2D eigenvalue weighted by atomic mass is 10.1. The van der Waals surface area contributed by atoms with Crippen molar-refractivity contribution in [1.29, 1.82) is 0 Å². The summed E-state index contributed by atoms with van der Waals surface area (Å²) in [5, 5.41) is 14.1. The predicted octanol–water partition coefficient (Wildman–Crippen LogP) is 3.57. The fourth-order valence-corrected chi connectivity index (χ4v) is 2.21. The highest BCUT2D eigenvalue weighted by molar-refractivity contribution is 5.95. The third-order valence-electron chi connectivity index (χ3n) is 3.43. The SMILES string of the molecule is COc1cccc(Nc2cnnc(Nc3cccc(C(C)=O)c3)n2)c1. The molecule has 126 valence electrons. The Bertz CT molecular complexity index is 898. The van der Waals surface area contributed by atoms with Crippen LogP contribution in [0.5, 0.6) is 5.75 Å². The predicted molar refractivity (Wildman–Crippen MR) is 95.8 cm³/mol. The third-order valence-corrected chi connectivity index (χ3v) is 3.43. The number of aromatic nitrogens is 3. The lowest BCUT2D eigenvalue weighted by molar-refractivity contribution is 0.101. The number of rotatable bonds is 6. The van der Waals surface area contributed by atoms with Crippen LogP contribution in [0.2, 0.25) is 0 Å². The van der Waals surface area contributed by atoms with Gasteiger partial charge in [-0.25, -0.2) is 0 Å². The number of carbonyl (C=O) groups excluding carboxylic acids is 1. The Morgan fingerprint density at radius 1 is 1.04 bits per heavy atom. The summed E-state index contributed by atoms with van der Waals surface area (Å²) < 4.78 is 5.20. The van der Waals surface area contributed by atoms with Crippen molar-refractivity contribution in [2.45, 2.75) is 6.92 Å². The molecule has 0 atom stereocenters. The Hall–Kier alpha value is -3.48. The van der Waals surface area contributed by atoms with Crippen LogP contribution in [0, 0.1) is 0 Å². The van der Waals surface area contributed by atoms with Gasteiger partial charge in [0.15, 0.2) is 11.6 Å².